The van der Waals surface area contributed by atoms with Gasteiger partial charge in [-0.05, 0) is 25.8 Å². The van der Waals surface area contributed by atoms with E-state index in [9.17, 15) is 13.7 Å². The maximum Gasteiger partial charge on any atom is 0.211 e. The zero-order valence-corrected chi connectivity index (χ0v) is 18.2. The monoisotopic (exact) mass is 419 g/mol. The van der Waals surface area contributed by atoms with E-state index in [1.54, 1.807) is 17.5 Å². The van der Waals surface area contributed by atoms with Crippen LogP contribution in [0.5, 0.6) is 0 Å². The normalized spacial score (nSPS) is 16.3. The number of thiazole rings is 1. The molecule has 2 aromatic rings. The summed E-state index contributed by atoms with van der Waals surface area (Å²) in [4.78, 5) is 10.0. The molecule has 1 aliphatic rings. The summed E-state index contributed by atoms with van der Waals surface area (Å²) in [6.07, 6.45) is 4.29. The molecule has 9 heteroatoms. The summed E-state index contributed by atoms with van der Waals surface area (Å²) < 4.78 is 24.8. The number of hydrogen-bond donors (Lipinski definition) is 1. The number of rotatable bonds is 5. The first-order chi connectivity index (χ1) is 13.2. The van der Waals surface area contributed by atoms with Gasteiger partial charge in [0.05, 0.1) is 27.4 Å². The van der Waals surface area contributed by atoms with Crippen LogP contribution < -0.4 is 5.32 Å². The second-order valence-electron chi connectivity index (χ2n) is 7.43. The van der Waals surface area contributed by atoms with Crippen molar-refractivity contribution in [2.24, 2.45) is 0 Å². The second-order valence-corrected chi connectivity index (χ2v) is 10.4. The summed E-state index contributed by atoms with van der Waals surface area (Å²) >= 11 is 1.62. The lowest BCUT2D eigenvalue weighted by molar-refractivity contribution is 0.331. The Morgan fingerprint density at radius 2 is 2.04 bits per heavy atom. The number of aryl methyl sites for hydroxylation is 1. The lowest BCUT2D eigenvalue weighted by Gasteiger charge is -2.31. The Morgan fingerprint density at radius 1 is 1.36 bits per heavy atom. The Balaban J connectivity index is 1.82. The van der Waals surface area contributed by atoms with E-state index in [0.29, 0.717) is 30.4 Å². The van der Waals surface area contributed by atoms with Gasteiger partial charge in [-0.2, -0.15) is 5.26 Å². The number of hydrogen-bond acceptors (Lipinski definition) is 7. The van der Waals surface area contributed by atoms with Crippen molar-refractivity contribution < 1.29 is 8.42 Å². The minimum atomic E-state index is -3.14. The molecule has 0 saturated carbocycles. The molecule has 1 N–H and O–H groups in total. The van der Waals surface area contributed by atoms with Crippen LogP contribution in [0.4, 0.5) is 5.82 Å². The van der Waals surface area contributed by atoms with E-state index >= 15 is 0 Å². The molecule has 2 aromatic heterocycles. The molecule has 0 atom stereocenters. The van der Waals surface area contributed by atoms with Crippen LogP contribution >= 0.6 is 11.3 Å². The van der Waals surface area contributed by atoms with Gasteiger partial charge in [-0.1, -0.05) is 13.8 Å². The zero-order valence-electron chi connectivity index (χ0n) is 16.6. The fourth-order valence-corrected chi connectivity index (χ4v) is 5.24. The van der Waals surface area contributed by atoms with Crippen LogP contribution in [0.15, 0.2) is 12.3 Å². The highest BCUT2D eigenvalue weighted by Gasteiger charge is 2.25. The maximum atomic E-state index is 11.7. The van der Waals surface area contributed by atoms with Crippen molar-refractivity contribution in [1.29, 1.82) is 5.26 Å². The van der Waals surface area contributed by atoms with Crippen LogP contribution in [0.1, 0.15) is 48.9 Å². The number of piperidine rings is 1. The van der Waals surface area contributed by atoms with Crippen LogP contribution in [-0.4, -0.2) is 48.1 Å². The molecule has 0 aromatic carbocycles. The van der Waals surface area contributed by atoms with Crippen molar-refractivity contribution in [2.75, 3.05) is 24.7 Å². The molecule has 0 amide bonds. The lowest BCUT2D eigenvalue weighted by atomic mass is 10.1. The summed E-state index contributed by atoms with van der Waals surface area (Å²) in [5.41, 5.74) is 2.29. The first-order valence-corrected chi connectivity index (χ1v) is 11.9. The van der Waals surface area contributed by atoms with E-state index < -0.39 is 10.0 Å². The summed E-state index contributed by atoms with van der Waals surface area (Å²) in [7, 11) is -3.14. The third kappa shape index (κ3) is 4.51. The van der Waals surface area contributed by atoms with Gasteiger partial charge in [0.15, 0.2) is 0 Å². The highest BCUT2D eigenvalue weighted by atomic mass is 32.2. The third-order valence-corrected chi connectivity index (χ3v) is 7.65. The summed E-state index contributed by atoms with van der Waals surface area (Å²) in [5.74, 6) is 1.04. The predicted molar refractivity (Wildman–Crippen MR) is 112 cm³/mol. The topological polar surface area (TPSA) is 99.0 Å². The van der Waals surface area contributed by atoms with Crippen LogP contribution in [0.2, 0.25) is 0 Å². The van der Waals surface area contributed by atoms with Gasteiger partial charge >= 0.3 is 0 Å². The summed E-state index contributed by atoms with van der Waals surface area (Å²) in [6.45, 7) is 7.19. The van der Waals surface area contributed by atoms with Gasteiger partial charge in [-0.15, -0.1) is 11.3 Å². The lowest BCUT2D eigenvalue weighted by Crippen LogP contribution is -2.41. The van der Waals surface area contributed by atoms with Crippen molar-refractivity contribution in [2.45, 2.75) is 45.6 Å². The number of anilines is 1. The molecule has 1 saturated heterocycles. The third-order valence-electron chi connectivity index (χ3n) is 4.85. The molecule has 0 unspecified atom stereocenters. The van der Waals surface area contributed by atoms with Gasteiger partial charge in [0.2, 0.25) is 10.0 Å². The van der Waals surface area contributed by atoms with Gasteiger partial charge in [-0.3, -0.25) is 0 Å². The number of nitrogens with one attached hydrogen (secondary N) is 1. The van der Waals surface area contributed by atoms with Crippen LogP contribution in [0.3, 0.4) is 0 Å². The number of aromatic nitrogens is 2. The highest BCUT2D eigenvalue weighted by Crippen LogP contribution is 2.36. The van der Waals surface area contributed by atoms with Crippen molar-refractivity contribution in [3.8, 4) is 16.5 Å². The summed E-state index contributed by atoms with van der Waals surface area (Å²) in [6, 6.07) is 4.29. The molecule has 0 radical (unpaired) electrons. The Morgan fingerprint density at radius 3 is 2.57 bits per heavy atom. The van der Waals surface area contributed by atoms with Crippen molar-refractivity contribution in [1.82, 2.24) is 14.3 Å². The smallest absolute Gasteiger partial charge is 0.211 e. The molecule has 0 aliphatic carbocycles. The molecule has 150 valence electrons. The fraction of sp³-hybridized carbons (Fsp3) is 0.526. The molecule has 7 nitrogen and oxygen atoms in total. The van der Waals surface area contributed by atoms with Gasteiger partial charge in [0.1, 0.15) is 11.9 Å². The van der Waals surface area contributed by atoms with Crippen molar-refractivity contribution in [3.05, 3.63) is 28.5 Å². The van der Waals surface area contributed by atoms with Crippen molar-refractivity contribution in [3.63, 3.8) is 0 Å². The van der Waals surface area contributed by atoms with E-state index in [0.717, 1.165) is 34.0 Å². The SMILES string of the molecule is Cc1nc(C(C)C)sc1-c1cc(NC2CCN(S(C)(=O)=O)CC2)ncc1C#N. The zero-order chi connectivity index (χ0) is 20.5. The Labute approximate surface area is 170 Å². The van der Waals surface area contributed by atoms with Gasteiger partial charge < -0.3 is 5.32 Å². The van der Waals surface area contributed by atoms with Crippen LogP contribution in [-0.2, 0) is 10.0 Å². The van der Waals surface area contributed by atoms with Gasteiger partial charge in [0.25, 0.3) is 0 Å². The largest absolute Gasteiger partial charge is 0.367 e. The first kappa shape index (κ1) is 20.7. The van der Waals surface area contributed by atoms with E-state index in [1.807, 2.05) is 13.0 Å². The first-order valence-electron chi connectivity index (χ1n) is 9.28. The molecule has 1 fully saturated rings. The molecule has 3 heterocycles. The van der Waals surface area contributed by atoms with E-state index in [-0.39, 0.29) is 6.04 Å². The molecular weight excluding hydrogens is 394 g/mol. The number of nitrogens with zero attached hydrogens (tertiary/aromatic N) is 4. The van der Waals surface area contributed by atoms with E-state index in [4.69, 9.17) is 0 Å². The molecule has 3 rings (SSSR count). The highest BCUT2D eigenvalue weighted by molar-refractivity contribution is 7.88. The standard InChI is InChI=1S/C19H25N5O2S2/c1-12(2)19-22-13(3)18(27-19)16-9-17(21-11-14(16)10-20)23-15-5-7-24(8-6-15)28(4,25)26/h9,11-12,15H,5-8H2,1-4H3,(H,21,23). The van der Waals surface area contributed by atoms with Gasteiger partial charge in [0, 0.05) is 36.8 Å². The van der Waals surface area contributed by atoms with Crippen LogP contribution in [0.25, 0.3) is 10.4 Å². The number of sulfonamides is 1. The molecule has 28 heavy (non-hydrogen) atoms. The quantitative estimate of drug-likeness (QED) is 0.798. The molecule has 1 aliphatic heterocycles. The Bertz CT molecular complexity index is 1000. The van der Waals surface area contributed by atoms with Crippen LogP contribution in [0, 0.1) is 18.3 Å². The van der Waals surface area contributed by atoms with Gasteiger partial charge in [-0.25, -0.2) is 22.7 Å². The number of pyridine rings is 1. The van der Waals surface area contributed by atoms with E-state index in [1.165, 1.54) is 10.6 Å². The predicted octanol–water partition coefficient (Wildman–Crippen LogP) is 3.34. The minimum absolute atomic E-state index is 0.153. The minimum Gasteiger partial charge on any atom is -0.367 e. The Hall–Kier alpha value is -2.02. The fourth-order valence-electron chi connectivity index (χ4n) is 3.27. The van der Waals surface area contributed by atoms with Crippen molar-refractivity contribution >= 4 is 27.2 Å². The Kier molecular flexibility index (Phi) is 6.03. The molecular formula is C19H25N5O2S2. The number of nitriles is 1. The average Bonchev–Trinajstić information content (AvgIpc) is 3.03. The average molecular weight is 420 g/mol. The molecule has 0 bridgehead atoms. The van der Waals surface area contributed by atoms with E-state index in [2.05, 4.69) is 35.2 Å². The molecule has 0 spiro atoms. The second kappa shape index (κ2) is 8.15. The maximum absolute atomic E-state index is 11.7. The summed E-state index contributed by atoms with van der Waals surface area (Å²) in [5, 5.41) is 14.0.